The standard InChI is InChI=1S/C16H20N2O2/c1-15(2,13-17-9-10-19-13)14-18-16(3,11-20-14)12-7-5-4-6-8-12/h4-8H,9-11H2,1-3H3/t16-/m1/s1. The molecule has 0 aromatic heterocycles. The Kier molecular flexibility index (Phi) is 3.04. The van der Waals surface area contributed by atoms with Crippen molar-refractivity contribution in [3.63, 3.8) is 0 Å². The molecule has 106 valence electrons. The van der Waals surface area contributed by atoms with E-state index < -0.39 is 5.41 Å². The Morgan fingerprint density at radius 3 is 2.50 bits per heavy atom. The van der Waals surface area contributed by atoms with Crippen molar-refractivity contribution in [3.05, 3.63) is 35.9 Å². The number of aliphatic imine (C=N–C) groups is 2. The predicted octanol–water partition coefficient (Wildman–Crippen LogP) is 2.79. The van der Waals surface area contributed by atoms with Gasteiger partial charge in [0.15, 0.2) is 11.8 Å². The highest BCUT2D eigenvalue weighted by atomic mass is 16.5. The van der Waals surface area contributed by atoms with Gasteiger partial charge in [0.1, 0.15) is 24.2 Å². The molecule has 0 spiro atoms. The lowest BCUT2D eigenvalue weighted by molar-refractivity contribution is 0.244. The Morgan fingerprint density at radius 2 is 1.85 bits per heavy atom. The molecule has 2 aliphatic rings. The molecule has 0 saturated heterocycles. The minimum Gasteiger partial charge on any atom is -0.478 e. The maximum Gasteiger partial charge on any atom is 0.199 e. The second-order valence-corrected chi connectivity index (χ2v) is 6.01. The third-order valence-electron chi connectivity index (χ3n) is 3.89. The van der Waals surface area contributed by atoms with E-state index in [0.717, 1.165) is 12.4 Å². The first kappa shape index (κ1) is 13.2. The fourth-order valence-electron chi connectivity index (χ4n) is 2.57. The monoisotopic (exact) mass is 272 g/mol. The summed E-state index contributed by atoms with van der Waals surface area (Å²) in [6.45, 7) is 8.13. The van der Waals surface area contributed by atoms with Crippen LogP contribution in [-0.4, -0.2) is 31.6 Å². The number of rotatable bonds is 3. The van der Waals surface area contributed by atoms with Gasteiger partial charge in [0.2, 0.25) is 0 Å². The minimum absolute atomic E-state index is 0.326. The molecule has 0 aliphatic carbocycles. The first-order valence-corrected chi connectivity index (χ1v) is 6.99. The summed E-state index contributed by atoms with van der Waals surface area (Å²) in [4.78, 5) is 9.25. The average molecular weight is 272 g/mol. The first-order valence-electron chi connectivity index (χ1n) is 6.99. The largest absolute Gasteiger partial charge is 0.478 e. The minimum atomic E-state index is -0.400. The zero-order valence-electron chi connectivity index (χ0n) is 12.2. The van der Waals surface area contributed by atoms with Gasteiger partial charge in [-0.25, -0.2) is 4.99 Å². The van der Waals surface area contributed by atoms with Crippen LogP contribution in [0.5, 0.6) is 0 Å². The van der Waals surface area contributed by atoms with E-state index in [1.807, 2.05) is 32.0 Å². The molecular weight excluding hydrogens is 252 g/mol. The molecular formula is C16H20N2O2. The summed E-state index contributed by atoms with van der Waals surface area (Å²) in [6, 6.07) is 10.3. The highest BCUT2D eigenvalue weighted by molar-refractivity contribution is 6.05. The van der Waals surface area contributed by atoms with Crippen molar-refractivity contribution >= 4 is 11.8 Å². The summed E-state index contributed by atoms with van der Waals surface area (Å²) in [5.41, 5.74) is 0.441. The molecule has 1 atom stereocenters. The zero-order chi connectivity index (χ0) is 14.2. The number of hydrogen-bond donors (Lipinski definition) is 0. The average Bonchev–Trinajstić information content (AvgIpc) is 3.10. The van der Waals surface area contributed by atoms with Crippen LogP contribution in [0, 0.1) is 5.41 Å². The van der Waals surface area contributed by atoms with Crippen molar-refractivity contribution in [1.29, 1.82) is 0 Å². The number of hydrogen-bond acceptors (Lipinski definition) is 4. The van der Waals surface area contributed by atoms with Gasteiger partial charge in [-0.1, -0.05) is 30.3 Å². The van der Waals surface area contributed by atoms with Crippen LogP contribution < -0.4 is 0 Å². The first-order chi connectivity index (χ1) is 9.52. The lowest BCUT2D eigenvalue weighted by atomic mass is 9.91. The Balaban J connectivity index is 1.91. The predicted molar refractivity (Wildman–Crippen MR) is 79.2 cm³/mol. The molecule has 2 aliphatic heterocycles. The summed E-state index contributed by atoms with van der Waals surface area (Å²) in [5.74, 6) is 1.44. The summed E-state index contributed by atoms with van der Waals surface area (Å²) >= 11 is 0. The molecule has 1 aromatic rings. The Bertz CT molecular complexity index is 563. The number of benzene rings is 1. The third-order valence-corrected chi connectivity index (χ3v) is 3.89. The summed E-state index contributed by atoms with van der Waals surface area (Å²) in [6.07, 6.45) is 0. The van der Waals surface area contributed by atoms with Crippen LogP contribution in [-0.2, 0) is 15.0 Å². The Hall–Kier alpha value is -1.84. The highest BCUT2D eigenvalue weighted by Crippen LogP contribution is 2.36. The van der Waals surface area contributed by atoms with Gasteiger partial charge in [-0.2, -0.15) is 0 Å². The van der Waals surface area contributed by atoms with Crippen molar-refractivity contribution in [1.82, 2.24) is 0 Å². The van der Waals surface area contributed by atoms with Crippen molar-refractivity contribution in [2.75, 3.05) is 19.8 Å². The van der Waals surface area contributed by atoms with Gasteiger partial charge in [0, 0.05) is 0 Å². The van der Waals surface area contributed by atoms with Crippen LogP contribution in [0.1, 0.15) is 26.3 Å². The van der Waals surface area contributed by atoms with E-state index in [9.17, 15) is 0 Å². The SMILES string of the molecule is CC(C)(C1=NCCO1)C1=N[C@@](C)(c2ccccc2)CO1. The molecule has 0 unspecified atom stereocenters. The fourth-order valence-corrected chi connectivity index (χ4v) is 2.57. The van der Waals surface area contributed by atoms with Crippen LogP contribution in [0.4, 0.5) is 0 Å². The fraction of sp³-hybridized carbons (Fsp3) is 0.500. The number of nitrogens with zero attached hydrogens (tertiary/aromatic N) is 2. The van der Waals surface area contributed by atoms with E-state index in [4.69, 9.17) is 14.5 Å². The third kappa shape index (κ3) is 2.09. The molecule has 0 N–H and O–H groups in total. The van der Waals surface area contributed by atoms with Crippen LogP contribution in [0.2, 0.25) is 0 Å². The lowest BCUT2D eigenvalue weighted by Gasteiger charge is -2.22. The second kappa shape index (κ2) is 4.62. The Labute approximate surface area is 119 Å². The molecule has 0 fully saturated rings. The van der Waals surface area contributed by atoms with Crippen molar-refractivity contribution in [3.8, 4) is 0 Å². The van der Waals surface area contributed by atoms with E-state index in [-0.39, 0.29) is 5.54 Å². The number of ether oxygens (including phenoxy) is 2. The smallest absolute Gasteiger partial charge is 0.199 e. The van der Waals surface area contributed by atoms with Gasteiger partial charge in [0.05, 0.1) is 6.54 Å². The van der Waals surface area contributed by atoms with E-state index in [1.165, 1.54) is 5.56 Å². The van der Waals surface area contributed by atoms with Gasteiger partial charge in [-0.3, -0.25) is 4.99 Å². The van der Waals surface area contributed by atoms with Crippen molar-refractivity contribution in [2.24, 2.45) is 15.4 Å². The highest BCUT2D eigenvalue weighted by Gasteiger charge is 2.43. The molecule has 2 heterocycles. The summed E-state index contributed by atoms with van der Waals surface area (Å²) in [7, 11) is 0. The van der Waals surface area contributed by atoms with E-state index >= 15 is 0 Å². The van der Waals surface area contributed by atoms with E-state index in [0.29, 0.717) is 19.1 Å². The van der Waals surface area contributed by atoms with E-state index in [2.05, 4.69) is 24.0 Å². The normalized spacial score (nSPS) is 25.8. The van der Waals surface area contributed by atoms with Crippen LogP contribution >= 0.6 is 0 Å². The van der Waals surface area contributed by atoms with Crippen LogP contribution in [0.15, 0.2) is 40.3 Å². The molecule has 0 saturated carbocycles. The van der Waals surface area contributed by atoms with Crippen LogP contribution in [0.3, 0.4) is 0 Å². The van der Waals surface area contributed by atoms with Gasteiger partial charge in [0.25, 0.3) is 0 Å². The molecule has 3 rings (SSSR count). The van der Waals surface area contributed by atoms with Gasteiger partial charge in [-0.05, 0) is 26.3 Å². The van der Waals surface area contributed by atoms with Crippen molar-refractivity contribution in [2.45, 2.75) is 26.3 Å². The quantitative estimate of drug-likeness (QED) is 0.849. The van der Waals surface area contributed by atoms with Crippen LogP contribution in [0.25, 0.3) is 0 Å². The van der Waals surface area contributed by atoms with Gasteiger partial charge >= 0.3 is 0 Å². The molecule has 20 heavy (non-hydrogen) atoms. The summed E-state index contributed by atoms with van der Waals surface area (Å²) < 4.78 is 11.5. The molecule has 0 bridgehead atoms. The van der Waals surface area contributed by atoms with Gasteiger partial charge in [-0.15, -0.1) is 0 Å². The second-order valence-electron chi connectivity index (χ2n) is 6.01. The van der Waals surface area contributed by atoms with Crippen molar-refractivity contribution < 1.29 is 9.47 Å². The topological polar surface area (TPSA) is 43.2 Å². The molecule has 0 radical (unpaired) electrons. The summed E-state index contributed by atoms with van der Waals surface area (Å²) in [5, 5.41) is 0. The molecule has 4 heteroatoms. The van der Waals surface area contributed by atoms with Gasteiger partial charge < -0.3 is 9.47 Å². The van der Waals surface area contributed by atoms with E-state index in [1.54, 1.807) is 0 Å². The maximum absolute atomic E-state index is 5.89. The molecule has 4 nitrogen and oxygen atoms in total. The Morgan fingerprint density at radius 1 is 1.10 bits per heavy atom. The molecule has 0 amide bonds. The molecule has 1 aromatic carbocycles. The lowest BCUT2D eigenvalue weighted by Crippen LogP contribution is -2.34. The maximum atomic E-state index is 5.89. The zero-order valence-corrected chi connectivity index (χ0v) is 12.2.